The van der Waals surface area contributed by atoms with Crippen molar-refractivity contribution in [3.8, 4) is 0 Å². The second-order valence-corrected chi connectivity index (χ2v) is 5.82. The molecular formula is C15H18ClN5. The Hall–Kier alpha value is -1.88. The van der Waals surface area contributed by atoms with Crippen LogP contribution >= 0.6 is 11.6 Å². The molecule has 110 valence electrons. The predicted molar refractivity (Wildman–Crippen MR) is 85.5 cm³/mol. The number of hydrogen-bond acceptors (Lipinski definition) is 5. The van der Waals surface area contributed by atoms with Gasteiger partial charge < -0.3 is 9.80 Å². The number of fused-ring (bicyclic) bond motifs is 1. The molecule has 1 aromatic heterocycles. The molecule has 1 unspecified atom stereocenters. The lowest BCUT2D eigenvalue weighted by atomic mass is 9.97. The molecule has 0 saturated carbocycles. The van der Waals surface area contributed by atoms with Crippen LogP contribution in [0, 0.1) is 0 Å². The van der Waals surface area contributed by atoms with E-state index in [2.05, 4.69) is 45.0 Å². The zero-order valence-electron chi connectivity index (χ0n) is 12.4. The Morgan fingerprint density at radius 1 is 1.19 bits per heavy atom. The standard InChI is InChI=1S/C15H18ClN5/c1-10-8-9-11-6-4-5-7-12(11)21(10)15-18-13(16)17-14(19-15)20(2)3/h4-7,10H,8-9H2,1-3H3. The second kappa shape index (κ2) is 5.48. The van der Waals surface area contributed by atoms with Crippen molar-refractivity contribution < 1.29 is 0 Å². The number of halogens is 1. The highest BCUT2D eigenvalue weighted by Crippen LogP contribution is 2.35. The number of para-hydroxylation sites is 1. The zero-order chi connectivity index (χ0) is 15.0. The van der Waals surface area contributed by atoms with Gasteiger partial charge in [0.05, 0.1) is 0 Å². The predicted octanol–water partition coefficient (Wildman–Crippen LogP) is 3.06. The molecule has 0 aliphatic carbocycles. The summed E-state index contributed by atoms with van der Waals surface area (Å²) in [6, 6.07) is 8.70. The molecule has 0 spiro atoms. The molecule has 0 N–H and O–H groups in total. The molecule has 1 atom stereocenters. The third kappa shape index (κ3) is 2.65. The van der Waals surface area contributed by atoms with Gasteiger partial charge in [-0.25, -0.2) is 0 Å². The topological polar surface area (TPSA) is 45.2 Å². The van der Waals surface area contributed by atoms with Crippen LogP contribution < -0.4 is 9.80 Å². The van der Waals surface area contributed by atoms with E-state index in [-0.39, 0.29) is 5.28 Å². The molecule has 2 heterocycles. The van der Waals surface area contributed by atoms with E-state index in [9.17, 15) is 0 Å². The van der Waals surface area contributed by atoms with Crippen molar-refractivity contribution in [2.24, 2.45) is 0 Å². The molecule has 6 heteroatoms. The van der Waals surface area contributed by atoms with Crippen molar-refractivity contribution in [1.82, 2.24) is 15.0 Å². The van der Waals surface area contributed by atoms with E-state index < -0.39 is 0 Å². The third-order valence-electron chi connectivity index (χ3n) is 3.72. The Labute approximate surface area is 129 Å². The number of rotatable bonds is 2. The molecule has 2 aromatic rings. The number of anilines is 3. The molecule has 3 rings (SSSR count). The van der Waals surface area contributed by atoms with Crippen LogP contribution in [0.15, 0.2) is 24.3 Å². The highest BCUT2D eigenvalue weighted by Gasteiger charge is 2.27. The Balaban J connectivity index is 2.11. The van der Waals surface area contributed by atoms with Crippen molar-refractivity contribution in [3.05, 3.63) is 35.1 Å². The summed E-state index contributed by atoms with van der Waals surface area (Å²) in [4.78, 5) is 17.0. The first-order chi connectivity index (χ1) is 10.1. The van der Waals surface area contributed by atoms with Gasteiger partial charge in [0.2, 0.25) is 17.2 Å². The van der Waals surface area contributed by atoms with Crippen LogP contribution in [0.2, 0.25) is 5.28 Å². The zero-order valence-corrected chi connectivity index (χ0v) is 13.2. The Morgan fingerprint density at radius 3 is 2.71 bits per heavy atom. The molecule has 0 saturated heterocycles. The first-order valence-corrected chi connectivity index (χ1v) is 7.40. The van der Waals surface area contributed by atoms with E-state index in [1.54, 1.807) is 0 Å². The second-order valence-electron chi connectivity index (χ2n) is 5.49. The van der Waals surface area contributed by atoms with E-state index >= 15 is 0 Å². The number of benzene rings is 1. The molecule has 0 amide bonds. The first-order valence-electron chi connectivity index (χ1n) is 7.02. The maximum absolute atomic E-state index is 6.07. The van der Waals surface area contributed by atoms with Gasteiger partial charge in [0, 0.05) is 25.8 Å². The minimum absolute atomic E-state index is 0.221. The SMILES string of the molecule is CC1CCc2ccccc2N1c1nc(Cl)nc(N(C)C)n1. The minimum Gasteiger partial charge on any atom is -0.347 e. The number of nitrogens with zero attached hydrogens (tertiary/aromatic N) is 5. The summed E-state index contributed by atoms with van der Waals surface area (Å²) >= 11 is 6.07. The summed E-state index contributed by atoms with van der Waals surface area (Å²) in [5, 5.41) is 0.221. The highest BCUT2D eigenvalue weighted by molar-refractivity contribution is 6.28. The number of aryl methyl sites for hydroxylation is 1. The van der Waals surface area contributed by atoms with Crippen LogP contribution in [0.25, 0.3) is 0 Å². The van der Waals surface area contributed by atoms with Crippen LogP contribution in [0.4, 0.5) is 17.6 Å². The normalized spacial score (nSPS) is 17.5. The fraction of sp³-hybridized carbons (Fsp3) is 0.400. The monoisotopic (exact) mass is 303 g/mol. The Kier molecular flexibility index (Phi) is 3.68. The van der Waals surface area contributed by atoms with E-state index in [4.69, 9.17) is 11.6 Å². The highest BCUT2D eigenvalue weighted by atomic mass is 35.5. The van der Waals surface area contributed by atoms with Gasteiger partial charge in [0.15, 0.2) is 0 Å². The van der Waals surface area contributed by atoms with Crippen LogP contribution in [-0.4, -0.2) is 35.1 Å². The first kappa shape index (κ1) is 14.1. The maximum atomic E-state index is 6.07. The Morgan fingerprint density at radius 2 is 1.95 bits per heavy atom. The van der Waals surface area contributed by atoms with Gasteiger partial charge in [-0.1, -0.05) is 18.2 Å². The molecule has 0 radical (unpaired) electrons. The summed E-state index contributed by atoms with van der Waals surface area (Å²) < 4.78 is 0. The van der Waals surface area contributed by atoms with Crippen molar-refractivity contribution in [2.45, 2.75) is 25.8 Å². The lowest BCUT2D eigenvalue weighted by Gasteiger charge is -2.35. The van der Waals surface area contributed by atoms with Gasteiger partial charge >= 0.3 is 0 Å². The van der Waals surface area contributed by atoms with Gasteiger partial charge in [0.1, 0.15) is 0 Å². The lowest BCUT2D eigenvalue weighted by Crippen LogP contribution is -2.35. The molecule has 0 bridgehead atoms. The van der Waals surface area contributed by atoms with Crippen LogP contribution in [0.3, 0.4) is 0 Å². The smallest absolute Gasteiger partial charge is 0.236 e. The Bertz CT molecular complexity index is 658. The number of hydrogen-bond donors (Lipinski definition) is 0. The third-order valence-corrected chi connectivity index (χ3v) is 3.89. The van der Waals surface area contributed by atoms with E-state index in [0.717, 1.165) is 18.5 Å². The van der Waals surface area contributed by atoms with Crippen molar-refractivity contribution in [2.75, 3.05) is 23.9 Å². The summed E-state index contributed by atoms with van der Waals surface area (Å²) in [5.41, 5.74) is 2.47. The van der Waals surface area contributed by atoms with Crippen molar-refractivity contribution >= 4 is 29.2 Å². The fourth-order valence-electron chi connectivity index (χ4n) is 2.63. The van der Waals surface area contributed by atoms with Crippen LogP contribution in [0.1, 0.15) is 18.9 Å². The molecule has 21 heavy (non-hydrogen) atoms. The molecule has 5 nitrogen and oxygen atoms in total. The van der Waals surface area contributed by atoms with Crippen LogP contribution in [-0.2, 0) is 6.42 Å². The summed E-state index contributed by atoms with van der Waals surface area (Å²) in [7, 11) is 3.78. The maximum Gasteiger partial charge on any atom is 0.236 e. The quantitative estimate of drug-likeness (QED) is 0.853. The fourth-order valence-corrected chi connectivity index (χ4v) is 2.78. The van der Waals surface area contributed by atoms with Gasteiger partial charge in [-0.2, -0.15) is 15.0 Å². The molecule has 1 aliphatic rings. The molecular weight excluding hydrogens is 286 g/mol. The van der Waals surface area contributed by atoms with E-state index in [1.165, 1.54) is 5.56 Å². The average molecular weight is 304 g/mol. The summed E-state index contributed by atoms with van der Waals surface area (Å²) in [6.45, 7) is 2.18. The minimum atomic E-state index is 0.221. The van der Waals surface area contributed by atoms with Gasteiger partial charge in [-0.05, 0) is 43.0 Å². The van der Waals surface area contributed by atoms with Crippen molar-refractivity contribution in [1.29, 1.82) is 0 Å². The lowest BCUT2D eigenvalue weighted by molar-refractivity contribution is 0.606. The summed E-state index contributed by atoms with van der Waals surface area (Å²) in [5.74, 6) is 1.18. The molecule has 1 aromatic carbocycles. The average Bonchev–Trinajstić information content (AvgIpc) is 2.46. The van der Waals surface area contributed by atoms with E-state index in [1.807, 2.05) is 25.1 Å². The van der Waals surface area contributed by atoms with Gasteiger partial charge in [0.25, 0.3) is 0 Å². The molecule has 1 aliphatic heterocycles. The van der Waals surface area contributed by atoms with Gasteiger partial charge in [-0.3, -0.25) is 0 Å². The van der Waals surface area contributed by atoms with Crippen molar-refractivity contribution in [3.63, 3.8) is 0 Å². The largest absolute Gasteiger partial charge is 0.347 e. The number of aromatic nitrogens is 3. The summed E-state index contributed by atoms with van der Waals surface area (Å²) in [6.07, 6.45) is 2.14. The van der Waals surface area contributed by atoms with Gasteiger partial charge in [-0.15, -0.1) is 0 Å². The molecule has 0 fully saturated rings. The van der Waals surface area contributed by atoms with Crippen LogP contribution in [0.5, 0.6) is 0 Å². The van der Waals surface area contributed by atoms with E-state index in [0.29, 0.717) is 17.9 Å².